The molecule has 0 radical (unpaired) electrons. The zero-order valence-corrected chi connectivity index (χ0v) is 18.0. The monoisotopic (exact) mass is 430 g/mol. The van der Waals surface area contributed by atoms with Gasteiger partial charge in [0.25, 0.3) is 5.91 Å². The number of para-hydroxylation sites is 1. The highest BCUT2D eigenvalue weighted by atomic mass is 32.2. The molecule has 1 saturated heterocycles. The molecular weight excluding hydrogens is 404 g/mol. The zero-order chi connectivity index (χ0) is 21.3. The van der Waals surface area contributed by atoms with Crippen molar-refractivity contribution in [1.29, 1.82) is 0 Å². The van der Waals surface area contributed by atoms with E-state index in [2.05, 4.69) is 9.97 Å². The molecule has 3 heterocycles. The lowest BCUT2D eigenvalue weighted by molar-refractivity contribution is 0.0749. The Bertz CT molecular complexity index is 1010. The summed E-state index contributed by atoms with van der Waals surface area (Å²) >= 11 is 0. The van der Waals surface area contributed by atoms with Crippen LogP contribution in [0.15, 0.2) is 47.8 Å². The number of carbonyl (C=O) groups excluding carboxylic acids is 1. The van der Waals surface area contributed by atoms with Crippen molar-refractivity contribution >= 4 is 15.9 Å². The van der Waals surface area contributed by atoms with Gasteiger partial charge in [0.15, 0.2) is 0 Å². The summed E-state index contributed by atoms with van der Waals surface area (Å²) in [5, 5.41) is 0. The van der Waals surface area contributed by atoms with Gasteiger partial charge >= 0.3 is 0 Å². The third kappa shape index (κ3) is 3.91. The third-order valence-corrected chi connectivity index (χ3v) is 7.44. The van der Waals surface area contributed by atoms with E-state index < -0.39 is 10.0 Å². The van der Waals surface area contributed by atoms with Crippen LogP contribution in [-0.2, 0) is 10.0 Å². The SMILES string of the molecule is CC(C)CN1[C@H]2CCN(C(=O)c3cnccn3)CC[C@@H]2Oc2ccccc2S1(=O)=O. The van der Waals surface area contributed by atoms with Gasteiger partial charge in [0.2, 0.25) is 10.0 Å². The molecule has 30 heavy (non-hydrogen) atoms. The molecule has 1 amide bonds. The lowest BCUT2D eigenvalue weighted by Gasteiger charge is -2.32. The minimum absolute atomic E-state index is 0.159. The summed E-state index contributed by atoms with van der Waals surface area (Å²) in [6, 6.07) is 6.46. The van der Waals surface area contributed by atoms with E-state index in [0.717, 1.165) is 0 Å². The van der Waals surface area contributed by atoms with E-state index in [1.807, 2.05) is 13.8 Å². The first-order valence-corrected chi connectivity index (χ1v) is 11.6. The number of aromatic nitrogens is 2. The summed E-state index contributed by atoms with van der Waals surface area (Å²) < 4.78 is 34.8. The Morgan fingerprint density at radius 3 is 2.70 bits per heavy atom. The van der Waals surface area contributed by atoms with Crippen molar-refractivity contribution in [3.05, 3.63) is 48.5 Å². The number of nitrogens with zero attached hydrogens (tertiary/aromatic N) is 4. The number of carbonyl (C=O) groups is 1. The predicted octanol–water partition coefficient (Wildman–Crippen LogP) is 2.19. The average molecular weight is 431 g/mol. The Balaban J connectivity index is 1.67. The van der Waals surface area contributed by atoms with E-state index in [-0.39, 0.29) is 34.6 Å². The third-order valence-electron chi connectivity index (χ3n) is 5.51. The Labute approximate surface area is 176 Å². The van der Waals surface area contributed by atoms with E-state index in [9.17, 15) is 13.2 Å². The minimum Gasteiger partial charge on any atom is -0.487 e. The number of amides is 1. The van der Waals surface area contributed by atoms with Gasteiger partial charge in [-0.3, -0.25) is 9.78 Å². The molecule has 2 aromatic rings. The summed E-state index contributed by atoms with van der Waals surface area (Å²) in [5.41, 5.74) is 0.289. The van der Waals surface area contributed by atoms with Crippen LogP contribution in [0.3, 0.4) is 0 Å². The maximum atomic E-state index is 13.5. The second-order valence-electron chi connectivity index (χ2n) is 8.10. The van der Waals surface area contributed by atoms with E-state index >= 15 is 0 Å². The molecule has 0 spiro atoms. The lowest BCUT2D eigenvalue weighted by Crippen LogP contribution is -2.48. The average Bonchev–Trinajstić information content (AvgIpc) is 2.98. The van der Waals surface area contributed by atoms with Gasteiger partial charge < -0.3 is 9.64 Å². The molecule has 9 heteroatoms. The van der Waals surface area contributed by atoms with Crippen LogP contribution in [0, 0.1) is 5.92 Å². The number of fused-ring (bicyclic) bond motifs is 2. The first-order valence-electron chi connectivity index (χ1n) is 10.2. The van der Waals surface area contributed by atoms with Gasteiger partial charge in [-0.1, -0.05) is 26.0 Å². The maximum Gasteiger partial charge on any atom is 0.274 e. The van der Waals surface area contributed by atoms with Crippen LogP contribution in [0.2, 0.25) is 0 Å². The van der Waals surface area contributed by atoms with Crippen molar-refractivity contribution in [3.8, 4) is 5.75 Å². The van der Waals surface area contributed by atoms with Crippen LogP contribution in [0.1, 0.15) is 37.2 Å². The quantitative estimate of drug-likeness (QED) is 0.741. The zero-order valence-electron chi connectivity index (χ0n) is 17.1. The second kappa shape index (κ2) is 8.31. The molecule has 0 bridgehead atoms. The van der Waals surface area contributed by atoms with Gasteiger partial charge in [0, 0.05) is 38.4 Å². The fourth-order valence-electron chi connectivity index (χ4n) is 4.12. The van der Waals surface area contributed by atoms with Gasteiger partial charge in [-0.25, -0.2) is 13.4 Å². The van der Waals surface area contributed by atoms with Crippen LogP contribution in [0.5, 0.6) is 5.75 Å². The molecule has 0 aliphatic carbocycles. The van der Waals surface area contributed by atoms with Gasteiger partial charge in [-0.05, 0) is 24.5 Å². The van der Waals surface area contributed by atoms with Gasteiger partial charge in [-0.15, -0.1) is 0 Å². The first kappa shape index (κ1) is 20.7. The lowest BCUT2D eigenvalue weighted by atomic mass is 10.0. The van der Waals surface area contributed by atoms with E-state index in [4.69, 9.17) is 4.74 Å². The molecule has 0 N–H and O–H groups in total. The Hall–Kier alpha value is -2.52. The molecule has 4 rings (SSSR count). The van der Waals surface area contributed by atoms with E-state index in [1.165, 1.54) is 18.6 Å². The number of benzene rings is 1. The van der Waals surface area contributed by atoms with Crippen molar-refractivity contribution in [2.45, 2.75) is 43.7 Å². The number of rotatable bonds is 3. The topological polar surface area (TPSA) is 92.7 Å². The van der Waals surface area contributed by atoms with Crippen molar-refractivity contribution in [3.63, 3.8) is 0 Å². The van der Waals surface area contributed by atoms with E-state index in [1.54, 1.807) is 33.5 Å². The number of hydrogen-bond acceptors (Lipinski definition) is 6. The summed E-state index contributed by atoms with van der Waals surface area (Å²) in [5.74, 6) is 0.344. The molecule has 2 atom stereocenters. The van der Waals surface area contributed by atoms with Crippen molar-refractivity contribution < 1.29 is 17.9 Å². The molecule has 1 aromatic heterocycles. The Morgan fingerprint density at radius 2 is 1.97 bits per heavy atom. The second-order valence-corrected chi connectivity index (χ2v) is 9.96. The summed E-state index contributed by atoms with van der Waals surface area (Å²) in [6.07, 6.45) is 5.17. The highest BCUT2D eigenvalue weighted by molar-refractivity contribution is 7.89. The Morgan fingerprint density at radius 1 is 1.20 bits per heavy atom. The highest BCUT2D eigenvalue weighted by Crippen LogP contribution is 2.36. The van der Waals surface area contributed by atoms with Crippen molar-refractivity contribution in [2.24, 2.45) is 5.92 Å². The maximum absolute atomic E-state index is 13.5. The van der Waals surface area contributed by atoms with Crippen LogP contribution < -0.4 is 4.74 Å². The molecule has 160 valence electrons. The summed E-state index contributed by atoms with van der Waals surface area (Å²) in [6.45, 7) is 5.31. The predicted molar refractivity (Wildman–Crippen MR) is 111 cm³/mol. The standard InChI is InChI=1S/C21H26N4O4S/c1-15(2)14-25-17-7-11-24(21(26)16-13-22-9-10-23-16)12-8-18(17)29-19-5-3-4-6-20(19)30(25,27)28/h3-6,9-10,13,15,17-18H,7-8,11-12,14H2,1-2H3/t17-,18-/m0/s1. The summed E-state index contributed by atoms with van der Waals surface area (Å²) in [4.78, 5) is 22.9. The summed E-state index contributed by atoms with van der Waals surface area (Å²) in [7, 11) is -3.71. The fourth-order valence-corrected chi connectivity index (χ4v) is 6.09. The van der Waals surface area contributed by atoms with Gasteiger partial charge in [-0.2, -0.15) is 4.31 Å². The number of hydrogen-bond donors (Lipinski definition) is 0. The van der Waals surface area contributed by atoms with E-state index in [0.29, 0.717) is 38.2 Å². The molecule has 1 fully saturated rings. The van der Waals surface area contributed by atoms with Crippen molar-refractivity contribution in [2.75, 3.05) is 19.6 Å². The van der Waals surface area contributed by atoms with Crippen LogP contribution in [0.4, 0.5) is 0 Å². The first-order chi connectivity index (χ1) is 14.4. The fraction of sp³-hybridized carbons (Fsp3) is 0.476. The van der Waals surface area contributed by atoms with Gasteiger partial charge in [0.05, 0.1) is 12.2 Å². The number of likely N-dealkylation sites (tertiary alicyclic amines) is 1. The highest BCUT2D eigenvalue weighted by Gasteiger charge is 2.43. The Kier molecular flexibility index (Phi) is 5.75. The number of ether oxygens (including phenoxy) is 1. The molecule has 0 unspecified atom stereocenters. The molecule has 0 saturated carbocycles. The van der Waals surface area contributed by atoms with Gasteiger partial charge in [0.1, 0.15) is 22.4 Å². The van der Waals surface area contributed by atoms with Crippen LogP contribution in [-0.4, -0.2) is 65.3 Å². The smallest absolute Gasteiger partial charge is 0.274 e. The normalized spacial score (nSPS) is 23.6. The number of sulfonamides is 1. The largest absolute Gasteiger partial charge is 0.487 e. The van der Waals surface area contributed by atoms with Crippen LogP contribution in [0.25, 0.3) is 0 Å². The molecule has 2 aliphatic heterocycles. The molecule has 1 aromatic carbocycles. The minimum atomic E-state index is -3.71. The molecular formula is C21H26N4O4S. The van der Waals surface area contributed by atoms with Crippen LogP contribution >= 0.6 is 0 Å². The molecule has 8 nitrogen and oxygen atoms in total. The van der Waals surface area contributed by atoms with Crippen molar-refractivity contribution in [1.82, 2.24) is 19.2 Å². The molecule has 2 aliphatic rings.